The van der Waals surface area contributed by atoms with Gasteiger partial charge in [-0.2, -0.15) is 0 Å². The molecule has 7 nitrogen and oxygen atoms in total. The quantitative estimate of drug-likeness (QED) is 0.680. The largest absolute Gasteiger partial charge is 0.337 e. The fourth-order valence-corrected chi connectivity index (χ4v) is 2.78. The minimum atomic E-state index is -0.524. The second-order valence-corrected chi connectivity index (χ2v) is 7.28. The molecule has 0 saturated carbocycles. The summed E-state index contributed by atoms with van der Waals surface area (Å²) in [4.78, 5) is 29.6. The number of amides is 3. The minimum Gasteiger partial charge on any atom is -0.307 e. The first-order valence-electron chi connectivity index (χ1n) is 8.46. The molecule has 0 aromatic heterocycles. The molecule has 2 aromatic carbocycles. The van der Waals surface area contributed by atoms with Crippen LogP contribution in [0.4, 0.5) is 16.2 Å². The zero-order valence-electron chi connectivity index (χ0n) is 15.1. The SMILES string of the molecule is CC1(C)CON(Cc2ccc(NNC(=O)Nc3ccccc3)cc2Cl)C1=O. The van der Waals surface area contributed by atoms with E-state index in [1.54, 1.807) is 30.3 Å². The smallest absolute Gasteiger partial charge is 0.307 e. The summed E-state index contributed by atoms with van der Waals surface area (Å²) in [6.45, 7) is 4.30. The summed E-state index contributed by atoms with van der Waals surface area (Å²) in [5.74, 6) is -0.0694. The Morgan fingerprint density at radius 1 is 1.19 bits per heavy atom. The summed E-state index contributed by atoms with van der Waals surface area (Å²) in [6, 6.07) is 13.9. The van der Waals surface area contributed by atoms with Crippen molar-refractivity contribution in [1.29, 1.82) is 0 Å². The lowest BCUT2D eigenvalue weighted by atomic mass is 9.95. The molecule has 0 bridgehead atoms. The van der Waals surface area contributed by atoms with Gasteiger partial charge in [0, 0.05) is 10.7 Å². The van der Waals surface area contributed by atoms with E-state index < -0.39 is 11.4 Å². The van der Waals surface area contributed by atoms with Gasteiger partial charge in [-0.1, -0.05) is 35.9 Å². The average molecular weight is 389 g/mol. The molecule has 0 radical (unpaired) electrons. The predicted octanol–water partition coefficient (Wildman–Crippen LogP) is 3.79. The number of para-hydroxylation sites is 1. The van der Waals surface area contributed by atoms with Crippen LogP contribution in [0.25, 0.3) is 0 Å². The highest BCUT2D eigenvalue weighted by Crippen LogP contribution is 2.30. The molecule has 142 valence electrons. The van der Waals surface area contributed by atoms with Crippen LogP contribution in [0.15, 0.2) is 48.5 Å². The number of carbonyl (C=O) groups is 2. The van der Waals surface area contributed by atoms with Gasteiger partial charge in [0.25, 0.3) is 5.91 Å². The number of hydroxylamine groups is 2. The molecule has 1 aliphatic rings. The lowest BCUT2D eigenvalue weighted by Gasteiger charge is -2.18. The number of nitrogens with zero attached hydrogens (tertiary/aromatic N) is 1. The number of rotatable bonds is 5. The molecule has 1 heterocycles. The molecular weight excluding hydrogens is 368 g/mol. The van der Waals surface area contributed by atoms with Gasteiger partial charge in [-0.3, -0.25) is 20.5 Å². The number of anilines is 2. The fourth-order valence-electron chi connectivity index (χ4n) is 2.54. The van der Waals surface area contributed by atoms with Gasteiger partial charge in [0.2, 0.25) is 0 Å². The summed E-state index contributed by atoms with van der Waals surface area (Å²) in [6.07, 6.45) is 0. The molecule has 3 N–H and O–H groups in total. The summed E-state index contributed by atoms with van der Waals surface area (Å²) >= 11 is 6.31. The van der Waals surface area contributed by atoms with Gasteiger partial charge in [0.15, 0.2) is 0 Å². The molecule has 3 amide bonds. The van der Waals surface area contributed by atoms with Crippen molar-refractivity contribution >= 4 is 34.9 Å². The number of hydrogen-bond acceptors (Lipinski definition) is 4. The lowest BCUT2D eigenvalue weighted by Crippen LogP contribution is -2.33. The van der Waals surface area contributed by atoms with E-state index in [-0.39, 0.29) is 12.5 Å². The maximum absolute atomic E-state index is 12.2. The van der Waals surface area contributed by atoms with Gasteiger partial charge >= 0.3 is 6.03 Å². The first-order chi connectivity index (χ1) is 12.8. The van der Waals surface area contributed by atoms with E-state index in [9.17, 15) is 9.59 Å². The number of urea groups is 1. The van der Waals surface area contributed by atoms with Gasteiger partial charge in [-0.15, -0.1) is 0 Å². The summed E-state index contributed by atoms with van der Waals surface area (Å²) < 4.78 is 0. The highest BCUT2D eigenvalue weighted by molar-refractivity contribution is 6.31. The van der Waals surface area contributed by atoms with Crippen molar-refractivity contribution in [2.24, 2.45) is 5.41 Å². The van der Waals surface area contributed by atoms with E-state index in [0.29, 0.717) is 23.0 Å². The van der Waals surface area contributed by atoms with Crippen LogP contribution in [0, 0.1) is 5.41 Å². The van der Waals surface area contributed by atoms with E-state index in [4.69, 9.17) is 16.4 Å². The van der Waals surface area contributed by atoms with Crippen LogP contribution in [0.3, 0.4) is 0 Å². The number of hydrazine groups is 1. The number of benzene rings is 2. The molecule has 27 heavy (non-hydrogen) atoms. The molecule has 0 unspecified atom stereocenters. The Kier molecular flexibility index (Phi) is 5.53. The normalized spacial score (nSPS) is 15.5. The Morgan fingerprint density at radius 3 is 2.56 bits per heavy atom. The second-order valence-electron chi connectivity index (χ2n) is 6.88. The van der Waals surface area contributed by atoms with Gasteiger partial charge in [0.1, 0.15) is 0 Å². The maximum Gasteiger partial charge on any atom is 0.337 e. The van der Waals surface area contributed by atoms with E-state index >= 15 is 0 Å². The molecule has 1 fully saturated rings. The lowest BCUT2D eigenvalue weighted by molar-refractivity contribution is -0.165. The second kappa shape index (κ2) is 7.85. The maximum atomic E-state index is 12.2. The van der Waals surface area contributed by atoms with Crippen LogP contribution in [-0.2, 0) is 16.2 Å². The van der Waals surface area contributed by atoms with Crippen LogP contribution in [0.5, 0.6) is 0 Å². The highest BCUT2D eigenvalue weighted by Gasteiger charge is 2.40. The Labute approximate surface area is 162 Å². The minimum absolute atomic E-state index is 0.0694. The summed E-state index contributed by atoms with van der Waals surface area (Å²) in [5.41, 5.74) is 6.85. The van der Waals surface area contributed by atoms with Crippen molar-refractivity contribution in [2.75, 3.05) is 17.3 Å². The molecule has 3 rings (SSSR count). The van der Waals surface area contributed by atoms with Crippen LogP contribution in [0.1, 0.15) is 19.4 Å². The Bertz CT molecular complexity index is 842. The van der Waals surface area contributed by atoms with Crippen molar-refractivity contribution in [1.82, 2.24) is 10.5 Å². The number of hydrogen-bond donors (Lipinski definition) is 3. The van der Waals surface area contributed by atoms with Crippen LogP contribution in [0.2, 0.25) is 5.02 Å². The van der Waals surface area contributed by atoms with Gasteiger partial charge in [-0.05, 0) is 43.7 Å². The van der Waals surface area contributed by atoms with E-state index in [1.165, 1.54) is 5.06 Å². The third-order valence-corrected chi connectivity index (χ3v) is 4.46. The van der Waals surface area contributed by atoms with Gasteiger partial charge in [-0.25, -0.2) is 9.86 Å². The third kappa shape index (κ3) is 4.69. The highest BCUT2D eigenvalue weighted by atomic mass is 35.5. The van der Waals surface area contributed by atoms with Crippen LogP contribution in [-0.4, -0.2) is 23.6 Å². The van der Waals surface area contributed by atoms with Crippen molar-refractivity contribution in [3.05, 3.63) is 59.1 Å². The van der Waals surface area contributed by atoms with Crippen molar-refractivity contribution in [3.63, 3.8) is 0 Å². The number of nitrogens with one attached hydrogen (secondary N) is 3. The van der Waals surface area contributed by atoms with Crippen molar-refractivity contribution in [2.45, 2.75) is 20.4 Å². The van der Waals surface area contributed by atoms with Crippen molar-refractivity contribution < 1.29 is 14.4 Å². The zero-order valence-corrected chi connectivity index (χ0v) is 15.8. The predicted molar refractivity (Wildman–Crippen MR) is 104 cm³/mol. The van der Waals surface area contributed by atoms with E-state index in [1.807, 2.05) is 32.0 Å². The molecule has 8 heteroatoms. The monoisotopic (exact) mass is 388 g/mol. The topological polar surface area (TPSA) is 82.7 Å². The Hall–Kier alpha value is -2.77. The van der Waals surface area contributed by atoms with Crippen molar-refractivity contribution in [3.8, 4) is 0 Å². The molecular formula is C19H21ClN4O3. The Morgan fingerprint density at radius 2 is 1.93 bits per heavy atom. The molecule has 0 atom stereocenters. The molecule has 1 aliphatic heterocycles. The average Bonchev–Trinajstić information content (AvgIpc) is 2.89. The standard InChI is InChI=1S/C19H21ClN4O3/c1-19(2)12-27-24(17(19)25)11-13-8-9-15(10-16(13)20)22-23-18(26)21-14-6-4-3-5-7-14/h3-10,22H,11-12H2,1-2H3,(H2,21,23,26). The first-order valence-corrected chi connectivity index (χ1v) is 8.84. The van der Waals surface area contributed by atoms with Crippen LogP contribution < -0.4 is 16.2 Å². The zero-order chi connectivity index (χ0) is 19.4. The molecule has 0 aliphatic carbocycles. The van der Waals surface area contributed by atoms with Gasteiger partial charge in [0.05, 0.1) is 24.3 Å². The molecule has 2 aromatic rings. The van der Waals surface area contributed by atoms with Crippen LogP contribution >= 0.6 is 11.6 Å². The Balaban J connectivity index is 1.55. The third-order valence-electron chi connectivity index (χ3n) is 4.11. The summed E-state index contributed by atoms with van der Waals surface area (Å²) in [5, 5.41) is 4.49. The number of carbonyl (C=O) groups excluding carboxylic acids is 2. The van der Waals surface area contributed by atoms with E-state index in [0.717, 1.165) is 5.56 Å². The molecule has 0 spiro atoms. The number of halogens is 1. The summed E-state index contributed by atoms with van der Waals surface area (Å²) in [7, 11) is 0. The fraction of sp³-hybridized carbons (Fsp3) is 0.263. The van der Waals surface area contributed by atoms with E-state index in [2.05, 4.69) is 16.2 Å². The molecule has 1 saturated heterocycles. The van der Waals surface area contributed by atoms with Gasteiger partial charge < -0.3 is 5.32 Å². The first kappa shape index (κ1) is 19.0.